The van der Waals surface area contributed by atoms with Gasteiger partial charge in [-0.25, -0.2) is 4.39 Å². The first-order valence-electron chi connectivity index (χ1n) is 5.46. The van der Waals surface area contributed by atoms with Gasteiger partial charge in [-0.3, -0.25) is 9.48 Å². The maximum absolute atomic E-state index is 13.4. The molecule has 1 aromatic heterocycles. The van der Waals surface area contributed by atoms with Crippen molar-refractivity contribution in [3.05, 3.63) is 47.4 Å². The maximum Gasteiger partial charge on any atom is 0.435 e. The molecule has 0 radical (unpaired) electrons. The SMILES string of the molecule is Cn1nc(C(F)(F)F)cc1NC(=O)c1ccccc1F. The van der Waals surface area contributed by atoms with Crippen molar-refractivity contribution in [2.24, 2.45) is 7.05 Å². The van der Waals surface area contributed by atoms with Crippen molar-refractivity contribution in [2.45, 2.75) is 6.18 Å². The Labute approximate surface area is 111 Å². The van der Waals surface area contributed by atoms with Crippen molar-refractivity contribution in [1.29, 1.82) is 0 Å². The Bertz CT molecular complexity index is 648. The third kappa shape index (κ3) is 2.79. The molecule has 4 nitrogen and oxygen atoms in total. The van der Waals surface area contributed by atoms with Gasteiger partial charge in [-0.2, -0.15) is 18.3 Å². The Morgan fingerprint density at radius 1 is 1.30 bits per heavy atom. The second kappa shape index (κ2) is 4.95. The van der Waals surface area contributed by atoms with E-state index in [1.807, 2.05) is 0 Å². The lowest BCUT2D eigenvalue weighted by atomic mass is 10.2. The first-order valence-corrected chi connectivity index (χ1v) is 5.46. The second-order valence-corrected chi connectivity index (χ2v) is 3.97. The largest absolute Gasteiger partial charge is 0.435 e. The van der Waals surface area contributed by atoms with E-state index in [2.05, 4.69) is 10.4 Å². The third-order valence-electron chi connectivity index (χ3n) is 2.53. The first kappa shape index (κ1) is 14.0. The molecule has 0 spiro atoms. The van der Waals surface area contributed by atoms with Crippen LogP contribution < -0.4 is 5.32 Å². The quantitative estimate of drug-likeness (QED) is 0.863. The highest BCUT2D eigenvalue weighted by Gasteiger charge is 2.34. The summed E-state index contributed by atoms with van der Waals surface area (Å²) >= 11 is 0. The number of benzene rings is 1. The van der Waals surface area contributed by atoms with E-state index < -0.39 is 23.6 Å². The fourth-order valence-corrected chi connectivity index (χ4v) is 1.55. The van der Waals surface area contributed by atoms with Crippen molar-refractivity contribution >= 4 is 11.7 Å². The number of nitrogens with one attached hydrogen (secondary N) is 1. The first-order chi connectivity index (χ1) is 9.29. The van der Waals surface area contributed by atoms with Crippen LogP contribution in [0.4, 0.5) is 23.4 Å². The normalized spacial score (nSPS) is 11.4. The van der Waals surface area contributed by atoms with Crippen LogP contribution in [0.5, 0.6) is 0 Å². The van der Waals surface area contributed by atoms with Crippen LogP contribution in [0, 0.1) is 5.82 Å². The molecule has 0 bridgehead atoms. The van der Waals surface area contributed by atoms with E-state index in [-0.39, 0.29) is 11.4 Å². The molecule has 1 amide bonds. The fraction of sp³-hybridized carbons (Fsp3) is 0.167. The van der Waals surface area contributed by atoms with Gasteiger partial charge in [0, 0.05) is 13.1 Å². The highest BCUT2D eigenvalue weighted by Crippen LogP contribution is 2.29. The van der Waals surface area contributed by atoms with Gasteiger partial charge in [-0.15, -0.1) is 0 Å². The molecular formula is C12H9F4N3O. The predicted octanol–water partition coefficient (Wildman–Crippen LogP) is 2.83. The lowest BCUT2D eigenvalue weighted by Crippen LogP contribution is -2.15. The molecule has 20 heavy (non-hydrogen) atoms. The van der Waals surface area contributed by atoms with Gasteiger partial charge in [-0.1, -0.05) is 12.1 Å². The lowest BCUT2D eigenvalue weighted by molar-refractivity contribution is -0.141. The van der Waals surface area contributed by atoms with E-state index in [0.29, 0.717) is 6.07 Å². The molecule has 0 unspecified atom stereocenters. The zero-order valence-electron chi connectivity index (χ0n) is 10.2. The number of rotatable bonds is 2. The molecule has 2 aromatic rings. The minimum absolute atomic E-state index is 0.175. The number of aromatic nitrogens is 2. The van der Waals surface area contributed by atoms with Crippen molar-refractivity contribution in [3.8, 4) is 0 Å². The fourth-order valence-electron chi connectivity index (χ4n) is 1.55. The second-order valence-electron chi connectivity index (χ2n) is 3.97. The molecule has 0 aliphatic rings. The molecule has 8 heteroatoms. The average Bonchev–Trinajstić information content (AvgIpc) is 2.71. The molecule has 106 valence electrons. The summed E-state index contributed by atoms with van der Waals surface area (Å²) in [4.78, 5) is 11.8. The van der Waals surface area contributed by atoms with Gasteiger partial charge < -0.3 is 5.32 Å². The van der Waals surface area contributed by atoms with E-state index in [9.17, 15) is 22.4 Å². The smallest absolute Gasteiger partial charge is 0.307 e. The monoisotopic (exact) mass is 287 g/mol. The highest BCUT2D eigenvalue weighted by molar-refractivity contribution is 6.04. The predicted molar refractivity (Wildman–Crippen MR) is 62.6 cm³/mol. The third-order valence-corrected chi connectivity index (χ3v) is 2.53. The Morgan fingerprint density at radius 2 is 1.95 bits per heavy atom. The van der Waals surface area contributed by atoms with Gasteiger partial charge in [-0.05, 0) is 12.1 Å². The molecular weight excluding hydrogens is 278 g/mol. The lowest BCUT2D eigenvalue weighted by Gasteiger charge is -2.05. The van der Waals surface area contributed by atoms with Gasteiger partial charge in [0.05, 0.1) is 5.56 Å². The Kier molecular flexibility index (Phi) is 3.47. The molecule has 0 atom stereocenters. The van der Waals surface area contributed by atoms with Crippen LogP contribution in [0.2, 0.25) is 0 Å². The summed E-state index contributed by atoms with van der Waals surface area (Å²) in [6.45, 7) is 0. The molecule has 0 aliphatic carbocycles. The van der Waals surface area contributed by atoms with Gasteiger partial charge in [0.15, 0.2) is 5.69 Å². The van der Waals surface area contributed by atoms with E-state index in [1.54, 1.807) is 0 Å². The Hall–Kier alpha value is -2.38. The van der Waals surface area contributed by atoms with Gasteiger partial charge in [0.2, 0.25) is 0 Å². The molecule has 0 fully saturated rings. The topological polar surface area (TPSA) is 46.9 Å². The van der Waals surface area contributed by atoms with Gasteiger partial charge in [0.1, 0.15) is 11.6 Å². The van der Waals surface area contributed by atoms with Crippen LogP contribution in [0.1, 0.15) is 16.1 Å². The number of carbonyl (C=O) groups is 1. The summed E-state index contributed by atoms with van der Waals surface area (Å²) in [7, 11) is 1.24. The van der Waals surface area contributed by atoms with Crippen LogP contribution in [-0.4, -0.2) is 15.7 Å². The van der Waals surface area contributed by atoms with Crippen LogP contribution in [0.25, 0.3) is 0 Å². The van der Waals surface area contributed by atoms with Crippen LogP contribution in [0.3, 0.4) is 0 Å². The van der Waals surface area contributed by atoms with Crippen LogP contribution in [-0.2, 0) is 13.2 Å². The zero-order valence-corrected chi connectivity index (χ0v) is 10.2. The number of aryl methyl sites for hydroxylation is 1. The van der Waals surface area contributed by atoms with E-state index >= 15 is 0 Å². The minimum atomic E-state index is -4.61. The number of nitrogens with zero attached hydrogens (tertiary/aromatic N) is 2. The summed E-state index contributed by atoms with van der Waals surface area (Å²) in [5.41, 5.74) is -1.40. The van der Waals surface area contributed by atoms with Crippen LogP contribution >= 0.6 is 0 Å². The molecule has 1 aromatic carbocycles. The van der Waals surface area contributed by atoms with E-state index in [0.717, 1.165) is 10.7 Å². The molecule has 0 aliphatic heterocycles. The van der Waals surface area contributed by atoms with Crippen molar-refractivity contribution in [2.75, 3.05) is 5.32 Å². The number of amides is 1. The summed E-state index contributed by atoms with van der Waals surface area (Å²) in [5, 5.41) is 5.42. The maximum atomic E-state index is 13.4. The number of halogens is 4. The summed E-state index contributed by atoms with van der Waals surface area (Å²) in [6, 6.07) is 5.84. The highest BCUT2D eigenvalue weighted by atomic mass is 19.4. The molecule has 0 saturated heterocycles. The van der Waals surface area contributed by atoms with Crippen molar-refractivity contribution < 1.29 is 22.4 Å². The zero-order chi connectivity index (χ0) is 14.9. The Balaban J connectivity index is 2.25. The summed E-state index contributed by atoms with van der Waals surface area (Å²) in [5.74, 6) is -1.78. The molecule has 1 heterocycles. The van der Waals surface area contributed by atoms with Gasteiger partial charge >= 0.3 is 6.18 Å². The number of anilines is 1. The Morgan fingerprint density at radius 3 is 2.50 bits per heavy atom. The number of carbonyl (C=O) groups excluding carboxylic acids is 1. The van der Waals surface area contributed by atoms with Crippen LogP contribution in [0.15, 0.2) is 30.3 Å². The number of hydrogen-bond acceptors (Lipinski definition) is 2. The molecule has 0 saturated carbocycles. The molecule has 2 rings (SSSR count). The number of hydrogen-bond donors (Lipinski definition) is 1. The number of alkyl halides is 3. The minimum Gasteiger partial charge on any atom is -0.307 e. The standard InChI is InChI=1S/C12H9F4N3O/c1-19-10(6-9(18-19)12(14,15)16)17-11(20)7-4-2-3-5-8(7)13/h2-6H,1H3,(H,17,20). The molecule has 1 N–H and O–H groups in total. The summed E-state index contributed by atoms with van der Waals surface area (Å²) in [6.07, 6.45) is -4.61. The van der Waals surface area contributed by atoms with Crippen molar-refractivity contribution in [3.63, 3.8) is 0 Å². The van der Waals surface area contributed by atoms with Crippen molar-refractivity contribution in [1.82, 2.24) is 9.78 Å². The summed E-state index contributed by atoms with van der Waals surface area (Å²) < 4.78 is 51.6. The average molecular weight is 287 g/mol. The van der Waals surface area contributed by atoms with Gasteiger partial charge in [0.25, 0.3) is 5.91 Å². The van der Waals surface area contributed by atoms with E-state index in [4.69, 9.17) is 0 Å². The van der Waals surface area contributed by atoms with E-state index in [1.165, 1.54) is 25.2 Å².